The maximum Gasteiger partial charge on any atom is 0.345 e. The van der Waals surface area contributed by atoms with Gasteiger partial charge in [0.1, 0.15) is 0 Å². The number of hydrogen-bond acceptors (Lipinski definition) is 4. The topological polar surface area (TPSA) is 44.8 Å². The first-order valence-corrected chi connectivity index (χ1v) is 5.47. The molecule has 0 heterocycles. The Kier molecular flexibility index (Phi) is 4.74. The summed E-state index contributed by atoms with van der Waals surface area (Å²) in [5.41, 5.74) is 0.134. The van der Waals surface area contributed by atoms with Crippen molar-refractivity contribution in [2.24, 2.45) is 0 Å². The smallest absolute Gasteiger partial charge is 0.345 e. The zero-order valence-electron chi connectivity index (χ0n) is 9.62. The number of esters is 1. The molecule has 0 amide bonds. The number of carbonyl (C=O) groups excluding carboxylic acids is 1. The molecule has 0 aliphatic carbocycles. The Morgan fingerprint density at radius 2 is 1.76 bits per heavy atom. The summed E-state index contributed by atoms with van der Waals surface area (Å²) in [6.45, 7) is 0. The average Bonchev–Trinajstić information content (AvgIpc) is 2.36. The van der Waals surface area contributed by atoms with Crippen molar-refractivity contribution in [2.45, 2.75) is 6.17 Å². The average molecular weight is 307 g/mol. The maximum atomic E-state index is 13.7. The SMILES string of the molecule is COC(=O)C(F)c1cc(OC)c(OC)cc1Br. The lowest BCUT2D eigenvalue weighted by atomic mass is 10.1. The fraction of sp³-hybridized carbons (Fsp3) is 0.364. The van der Waals surface area contributed by atoms with Gasteiger partial charge in [0, 0.05) is 10.0 Å². The van der Waals surface area contributed by atoms with E-state index in [1.807, 2.05) is 0 Å². The molecule has 1 aromatic carbocycles. The predicted octanol–water partition coefficient (Wildman–Crippen LogP) is 2.65. The van der Waals surface area contributed by atoms with Crippen molar-refractivity contribution < 1.29 is 23.4 Å². The van der Waals surface area contributed by atoms with Crippen LogP contribution in [-0.4, -0.2) is 27.3 Å². The van der Waals surface area contributed by atoms with Gasteiger partial charge in [0.2, 0.25) is 6.17 Å². The van der Waals surface area contributed by atoms with Crippen molar-refractivity contribution >= 4 is 21.9 Å². The van der Waals surface area contributed by atoms with Gasteiger partial charge in [-0.3, -0.25) is 0 Å². The number of ether oxygens (including phenoxy) is 3. The van der Waals surface area contributed by atoms with Crippen LogP contribution in [0.15, 0.2) is 16.6 Å². The molecule has 0 aliphatic heterocycles. The van der Waals surface area contributed by atoms with Crippen molar-refractivity contribution in [3.05, 3.63) is 22.2 Å². The molecule has 1 unspecified atom stereocenters. The zero-order chi connectivity index (χ0) is 13.0. The van der Waals surface area contributed by atoms with Crippen molar-refractivity contribution in [1.82, 2.24) is 0 Å². The molecule has 94 valence electrons. The minimum atomic E-state index is -1.87. The first-order valence-electron chi connectivity index (χ1n) is 4.68. The quantitative estimate of drug-likeness (QED) is 0.802. The molecular formula is C11H12BrFO4. The second kappa shape index (κ2) is 5.86. The molecule has 0 N–H and O–H groups in total. The van der Waals surface area contributed by atoms with Gasteiger partial charge >= 0.3 is 5.97 Å². The summed E-state index contributed by atoms with van der Waals surface area (Å²) in [5, 5.41) is 0. The Morgan fingerprint density at radius 3 is 2.24 bits per heavy atom. The fourth-order valence-corrected chi connectivity index (χ4v) is 1.82. The third-order valence-corrected chi connectivity index (χ3v) is 2.87. The van der Waals surface area contributed by atoms with E-state index in [0.717, 1.165) is 7.11 Å². The molecule has 4 nitrogen and oxygen atoms in total. The van der Waals surface area contributed by atoms with E-state index in [4.69, 9.17) is 9.47 Å². The number of hydrogen-bond donors (Lipinski definition) is 0. The third kappa shape index (κ3) is 2.88. The second-order valence-electron chi connectivity index (χ2n) is 3.11. The first kappa shape index (κ1) is 13.8. The van der Waals surface area contributed by atoms with Crippen LogP contribution < -0.4 is 9.47 Å². The Labute approximate surface area is 107 Å². The van der Waals surface area contributed by atoms with Crippen molar-refractivity contribution in [3.63, 3.8) is 0 Å². The van der Waals surface area contributed by atoms with Gasteiger partial charge in [-0.15, -0.1) is 0 Å². The van der Waals surface area contributed by atoms with E-state index >= 15 is 0 Å². The highest BCUT2D eigenvalue weighted by molar-refractivity contribution is 9.10. The monoisotopic (exact) mass is 306 g/mol. The van der Waals surface area contributed by atoms with Crippen molar-refractivity contribution in [2.75, 3.05) is 21.3 Å². The highest BCUT2D eigenvalue weighted by Crippen LogP contribution is 2.37. The lowest BCUT2D eigenvalue weighted by molar-refractivity contribution is -0.146. The fourth-order valence-electron chi connectivity index (χ4n) is 1.29. The number of halogens is 2. The van der Waals surface area contributed by atoms with Crippen molar-refractivity contribution in [1.29, 1.82) is 0 Å². The molecule has 0 fully saturated rings. The molecule has 0 bridgehead atoms. The summed E-state index contributed by atoms with van der Waals surface area (Å²) in [6.07, 6.45) is -1.87. The molecule has 0 aliphatic rings. The summed E-state index contributed by atoms with van der Waals surface area (Å²) < 4.78 is 28.6. The van der Waals surface area contributed by atoms with Crippen LogP contribution in [0.2, 0.25) is 0 Å². The number of alkyl halides is 1. The third-order valence-electron chi connectivity index (χ3n) is 2.18. The van der Waals surface area contributed by atoms with Crippen LogP contribution in [0.4, 0.5) is 4.39 Å². The molecule has 0 radical (unpaired) electrons. The van der Waals surface area contributed by atoms with Gasteiger partial charge in [-0.1, -0.05) is 15.9 Å². The standard InChI is InChI=1S/C11H12BrFO4/c1-15-8-4-6(10(13)11(14)17-3)7(12)5-9(8)16-2/h4-5,10H,1-3H3. The van der Waals surface area contributed by atoms with Gasteiger partial charge < -0.3 is 14.2 Å². The lowest BCUT2D eigenvalue weighted by Crippen LogP contribution is -2.10. The van der Waals surface area contributed by atoms with E-state index in [1.165, 1.54) is 26.4 Å². The second-order valence-corrected chi connectivity index (χ2v) is 3.97. The highest BCUT2D eigenvalue weighted by Gasteiger charge is 2.24. The van der Waals surface area contributed by atoms with E-state index in [2.05, 4.69) is 20.7 Å². The number of rotatable bonds is 4. The molecule has 1 aromatic rings. The highest BCUT2D eigenvalue weighted by atomic mass is 79.9. The van der Waals surface area contributed by atoms with Gasteiger partial charge in [0.15, 0.2) is 11.5 Å². The molecule has 1 atom stereocenters. The number of benzene rings is 1. The molecule has 0 spiro atoms. The summed E-state index contributed by atoms with van der Waals surface area (Å²) in [6, 6.07) is 2.92. The minimum absolute atomic E-state index is 0.134. The van der Waals surface area contributed by atoms with Gasteiger partial charge in [0.25, 0.3) is 0 Å². The van der Waals surface area contributed by atoms with Crippen LogP contribution in [0.1, 0.15) is 11.7 Å². The molecule has 6 heteroatoms. The van der Waals surface area contributed by atoms with Crippen LogP contribution in [0.3, 0.4) is 0 Å². The van der Waals surface area contributed by atoms with E-state index in [9.17, 15) is 9.18 Å². The van der Waals surface area contributed by atoms with Gasteiger partial charge in [-0.05, 0) is 12.1 Å². The van der Waals surface area contributed by atoms with Crippen LogP contribution >= 0.6 is 15.9 Å². The molecule has 0 saturated carbocycles. The number of carbonyl (C=O) groups is 1. The van der Waals surface area contributed by atoms with Gasteiger partial charge in [-0.25, -0.2) is 9.18 Å². The Hall–Kier alpha value is -1.30. The number of methoxy groups -OCH3 is 3. The first-order chi connectivity index (χ1) is 8.04. The Bertz CT molecular complexity index is 422. The van der Waals surface area contributed by atoms with Crippen LogP contribution in [-0.2, 0) is 9.53 Å². The van der Waals surface area contributed by atoms with E-state index in [-0.39, 0.29) is 5.56 Å². The Morgan fingerprint density at radius 1 is 1.24 bits per heavy atom. The predicted molar refractivity (Wildman–Crippen MR) is 63.1 cm³/mol. The van der Waals surface area contributed by atoms with Crippen LogP contribution in [0.25, 0.3) is 0 Å². The van der Waals surface area contributed by atoms with Gasteiger partial charge in [0.05, 0.1) is 21.3 Å². The zero-order valence-corrected chi connectivity index (χ0v) is 11.2. The van der Waals surface area contributed by atoms with Gasteiger partial charge in [-0.2, -0.15) is 0 Å². The summed E-state index contributed by atoms with van der Waals surface area (Å²) in [4.78, 5) is 11.1. The summed E-state index contributed by atoms with van der Waals surface area (Å²) in [5.74, 6) is -0.171. The molecule has 0 saturated heterocycles. The van der Waals surface area contributed by atoms with Crippen LogP contribution in [0, 0.1) is 0 Å². The maximum absolute atomic E-state index is 13.7. The lowest BCUT2D eigenvalue weighted by Gasteiger charge is -2.13. The molecular weight excluding hydrogens is 295 g/mol. The summed E-state index contributed by atoms with van der Waals surface area (Å²) >= 11 is 3.17. The molecule has 1 rings (SSSR count). The normalized spacial score (nSPS) is 11.8. The van der Waals surface area contributed by atoms with Crippen molar-refractivity contribution in [3.8, 4) is 11.5 Å². The van der Waals surface area contributed by atoms with Crippen LogP contribution in [0.5, 0.6) is 11.5 Å². The Balaban J connectivity index is 3.21. The van der Waals surface area contributed by atoms with E-state index < -0.39 is 12.1 Å². The minimum Gasteiger partial charge on any atom is -0.493 e. The largest absolute Gasteiger partial charge is 0.493 e. The molecule has 17 heavy (non-hydrogen) atoms. The van der Waals surface area contributed by atoms with E-state index in [1.54, 1.807) is 0 Å². The molecule has 0 aromatic heterocycles. The van der Waals surface area contributed by atoms with E-state index in [0.29, 0.717) is 16.0 Å². The summed E-state index contributed by atoms with van der Waals surface area (Å²) in [7, 11) is 4.03.